The molecule has 4 rings (SSSR count). The predicted octanol–water partition coefficient (Wildman–Crippen LogP) is 4.67. The molecular formula is C23H28N4O3S. The zero-order valence-corrected chi connectivity index (χ0v) is 18.8. The number of hydrogen-bond donors (Lipinski definition) is 1. The maximum Gasteiger partial charge on any atom is 0.325 e. The number of urea groups is 1. The van der Waals surface area contributed by atoms with Gasteiger partial charge in [0.05, 0.1) is 17.9 Å². The second-order valence-corrected chi connectivity index (χ2v) is 9.32. The number of anilines is 2. The molecule has 2 fully saturated rings. The second kappa shape index (κ2) is 8.78. The molecule has 1 saturated heterocycles. The van der Waals surface area contributed by atoms with Crippen molar-refractivity contribution in [3.8, 4) is 0 Å². The zero-order valence-electron chi connectivity index (χ0n) is 18.0. The molecule has 1 aromatic heterocycles. The van der Waals surface area contributed by atoms with Gasteiger partial charge in [0.1, 0.15) is 5.54 Å². The summed E-state index contributed by atoms with van der Waals surface area (Å²) in [5, 5.41) is 5.32. The lowest BCUT2D eigenvalue weighted by Gasteiger charge is -2.28. The number of aromatic nitrogens is 1. The summed E-state index contributed by atoms with van der Waals surface area (Å²) in [7, 11) is 0. The molecule has 8 heteroatoms. The zero-order chi connectivity index (χ0) is 22.0. The molecule has 31 heavy (non-hydrogen) atoms. The van der Waals surface area contributed by atoms with Gasteiger partial charge in [0.2, 0.25) is 5.91 Å². The van der Waals surface area contributed by atoms with Crippen molar-refractivity contribution in [2.75, 3.05) is 4.90 Å². The smallest absolute Gasteiger partial charge is 0.323 e. The highest BCUT2D eigenvalue weighted by Crippen LogP contribution is 2.34. The van der Waals surface area contributed by atoms with E-state index in [2.05, 4.69) is 10.3 Å². The van der Waals surface area contributed by atoms with E-state index in [4.69, 9.17) is 0 Å². The Kier molecular flexibility index (Phi) is 6.09. The van der Waals surface area contributed by atoms with Crippen molar-refractivity contribution < 1.29 is 14.4 Å². The Labute approximate surface area is 186 Å². The van der Waals surface area contributed by atoms with Gasteiger partial charge in [0.15, 0.2) is 5.13 Å². The molecule has 1 aromatic carbocycles. The van der Waals surface area contributed by atoms with Crippen LogP contribution in [0, 0.1) is 6.92 Å². The normalized spacial score (nSPS) is 18.6. The molecule has 7 nitrogen and oxygen atoms in total. The number of benzene rings is 1. The summed E-state index contributed by atoms with van der Waals surface area (Å²) in [5.74, 6) is -0.286. The van der Waals surface area contributed by atoms with Crippen LogP contribution in [0.4, 0.5) is 15.6 Å². The summed E-state index contributed by atoms with van der Waals surface area (Å²) in [6, 6.07) is 7.32. The van der Waals surface area contributed by atoms with Crippen molar-refractivity contribution in [1.29, 1.82) is 0 Å². The van der Waals surface area contributed by atoms with Crippen LogP contribution < -0.4 is 10.2 Å². The molecule has 1 N–H and O–H groups in total. The Morgan fingerprint density at radius 3 is 2.58 bits per heavy atom. The average Bonchev–Trinajstić information content (AvgIpc) is 3.24. The lowest BCUT2D eigenvalue weighted by Crippen LogP contribution is -2.47. The topological polar surface area (TPSA) is 82.6 Å². The van der Waals surface area contributed by atoms with Crippen LogP contribution in [-0.4, -0.2) is 33.3 Å². The van der Waals surface area contributed by atoms with Crippen LogP contribution in [0.3, 0.4) is 0 Å². The van der Waals surface area contributed by atoms with Crippen LogP contribution >= 0.6 is 11.3 Å². The Morgan fingerprint density at radius 2 is 1.90 bits per heavy atom. The van der Waals surface area contributed by atoms with Crippen LogP contribution in [0.2, 0.25) is 0 Å². The Morgan fingerprint density at radius 1 is 1.19 bits per heavy atom. The van der Waals surface area contributed by atoms with Crippen molar-refractivity contribution in [2.45, 2.75) is 70.9 Å². The molecule has 0 bridgehead atoms. The maximum atomic E-state index is 13.2. The first-order valence-electron chi connectivity index (χ1n) is 10.9. The minimum atomic E-state index is -0.761. The predicted molar refractivity (Wildman–Crippen MR) is 120 cm³/mol. The number of rotatable bonds is 4. The van der Waals surface area contributed by atoms with E-state index in [9.17, 15) is 14.4 Å². The number of amides is 4. The molecule has 164 valence electrons. The van der Waals surface area contributed by atoms with Gasteiger partial charge < -0.3 is 5.32 Å². The minimum Gasteiger partial charge on any atom is -0.323 e. The standard InChI is InChI=1S/C23H28N4O3S/c1-16-9-8-10-19(13-16)27(17(2)28)22-24-18(15-31-22)14-26-20(29)23(25-21(26)30)11-6-4-3-5-7-12-23/h8-10,13,15H,3-7,11-12,14H2,1-2H3,(H,25,30). The van der Waals surface area contributed by atoms with E-state index in [1.165, 1.54) is 29.6 Å². The fourth-order valence-electron chi connectivity index (χ4n) is 4.50. The fraction of sp³-hybridized carbons (Fsp3) is 0.478. The summed E-state index contributed by atoms with van der Waals surface area (Å²) >= 11 is 1.33. The van der Waals surface area contributed by atoms with Crippen LogP contribution in [0.1, 0.15) is 63.1 Å². The van der Waals surface area contributed by atoms with Crippen LogP contribution in [-0.2, 0) is 16.1 Å². The van der Waals surface area contributed by atoms with Crippen molar-refractivity contribution in [3.05, 3.63) is 40.9 Å². The van der Waals surface area contributed by atoms with E-state index in [1.54, 1.807) is 4.90 Å². The van der Waals surface area contributed by atoms with Crippen molar-refractivity contribution in [2.24, 2.45) is 0 Å². The quantitative estimate of drug-likeness (QED) is 0.701. The number of thiazole rings is 1. The lowest BCUT2D eigenvalue weighted by molar-refractivity contribution is -0.132. The van der Waals surface area contributed by atoms with Gasteiger partial charge in [0.25, 0.3) is 5.91 Å². The summed E-state index contributed by atoms with van der Waals surface area (Å²) in [5.41, 5.74) is 1.63. The van der Waals surface area contributed by atoms with Gasteiger partial charge in [-0.15, -0.1) is 11.3 Å². The monoisotopic (exact) mass is 440 g/mol. The Bertz CT molecular complexity index is 994. The third-order valence-corrected chi connectivity index (χ3v) is 6.95. The fourth-order valence-corrected chi connectivity index (χ4v) is 5.37. The van der Waals surface area contributed by atoms with E-state index in [1.807, 2.05) is 36.6 Å². The molecule has 2 heterocycles. The van der Waals surface area contributed by atoms with E-state index in [0.29, 0.717) is 23.7 Å². The molecule has 1 aliphatic carbocycles. The van der Waals surface area contributed by atoms with Crippen LogP contribution in [0.25, 0.3) is 0 Å². The third-order valence-electron chi connectivity index (χ3n) is 6.08. The van der Waals surface area contributed by atoms with Gasteiger partial charge in [-0.05, 0) is 37.5 Å². The highest BCUT2D eigenvalue weighted by molar-refractivity contribution is 7.14. The first kappa shape index (κ1) is 21.5. The van der Waals surface area contributed by atoms with Gasteiger partial charge in [-0.2, -0.15) is 0 Å². The molecular weight excluding hydrogens is 412 g/mol. The first-order chi connectivity index (χ1) is 14.9. The van der Waals surface area contributed by atoms with E-state index in [0.717, 1.165) is 36.9 Å². The second-order valence-electron chi connectivity index (χ2n) is 8.49. The van der Waals surface area contributed by atoms with E-state index in [-0.39, 0.29) is 24.4 Å². The number of nitrogens with one attached hydrogen (secondary N) is 1. The highest BCUT2D eigenvalue weighted by Gasteiger charge is 2.50. The SMILES string of the molecule is CC(=O)N(c1cccc(C)c1)c1nc(CN2C(=O)NC3(CCCCCCC3)C2=O)cs1. The molecule has 4 amide bonds. The van der Waals surface area contributed by atoms with E-state index >= 15 is 0 Å². The molecule has 1 aliphatic heterocycles. The molecule has 1 spiro atoms. The largest absolute Gasteiger partial charge is 0.325 e. The molecule has 0 radical (unpaired) electrons. The number of carbonyl (C=O) groups excluding carboxylic acids is 3. The van der Waals surface area contributed by atoms with Crippen molar-refractivity contribution >= 4 is 40.0 Å². The van der Waals surface area contributed by atoms with E-state index < -0.39 is 5.54 Å². The molecule has 0 atom stereocenters. The number of imide groups is 1. The van der Waals surface area contributed by atoms with Crippen molar-refractivity contribution in [1.82, 2.24) is 15.2 Å². The van der Waals surface area contributed by atoms with Gasteiger partial charge in [-0.1, -0.05) is 44.2 Å². The summed E-state index contributed by atoms with van der Waals surface area (Å²) in [6.07, 6.45) is 6.68. The van der Waals surface area contributed by atoms with Crippen LogP contribution in [0.15, 0.2) is 29.6 Å². The summed E-state index contributed by atoms with van der Waals surface area (Å²) in [4.78, 5) is 45.7. The number of carbonyl (C=O) groups is 3. The summed E-state index contributed by atoms with van der Waals surface area (Å²) < 4.78 is 0. The Hall–Kier alpha value is -2.74. The third kappa shape index (κ3) is 4.35. The van der Waals surface area contributed by atoms with Gasteiger partial charge in [-0.25, -0.2) is 9.78 Å². The highest BCUT2D eigenvalue weighted by atomic mass is 32.1. The Balaban J connectivity index is 1.53. The van der Waals surface area contributed by atoms with Crippen molar-refractivity contribution in [3.63, 3.8) is 0 Å². The molecule has 2 aliphatic rings. The van der Waals surface area contributed by atoms with Crippen LogP contribution in [0.5, 0.6) is 0 Å². The van der Waals surface area contributed by atoms with Gasteiger partial charge in [0, 0.05) is 12.3 Å². The molecule has 2 aromatic rings. The summed E-state index contributed by atoms with van der Waals surface area (Å²) in [6.45, 7) is 3.58. The number of nitrogens with zero attached hydrogens (tertiary/aromatic N) is 3. The molecule has 0 unspecified atom stereocenters. The van der Waals surface area contributed by atoms with Gasteiger partial charge in [-0.3, -0.25) is 19.4 Å². The lowest BCUT2D eigenvalue weighted by atomic mass is 9.84. The molecule has 1 saturated carbocycles. The average molecular weight is 441 g/mol. The minimum absolute atomic E-state index is 0.114. The maximum absolute atomic E-state index is 13.2. The number of hydrogen-bond acceptors (Lipinski definition) is 5. The first-order valence-corrected chi connectivity index (χ1v) is 11.7. The number of aryl methyl sites for hydroxylation is 1. The van der Waals surface area contributed by atoms with Gasteiger partial charge >= 0.3 is 6.03 Å².